The number of carboxylic acids is 1. The van der Waals surface area contributed by atoms with E-state index in [1.807, 2.05) is 0 Å². The highest BCUT2D eigenvalue weighted by molar-refractivity contribution is 6.52. The summed E-state index contributed by atoms with van der Waals surface area (Å²) >= 11 is 0. The molecular weight excluding hydrogens is 324 g/mol. The molecule has 0 radical (unpaired) electrons. The van der Waals surface area contributed by atoms with Crippen molar-refractivity contribution in [1.82, 2.24) is 0 Å². The Bertz CT molecular complexity index is 689. The Morgan fingerprint density at radius 2 is 1.92 bits per heavy atom. The fourth-order valence-electron chi connectivity index (χ4n) is 2.61. The van der Waals surface area contributed by atoms with Gasteiger partial charge in [0.2, 0.25) is 11.6 Å². The van der Waals surface area contributed by atoms with E-state index in [2.05, 4.69) is 6.92 Å². The van der Waals surface area contributed by atoms with Crippen LogP contribution in [0.25, 0.3) is 6.08 Å². The number of fused-ring (bicyclic) bond motifs is 1. The van der Waals surface area contributed by atoms with Crippen LogP contribution >= 0.6 is 0 Å². The van der Waals surface area contributed by atoms with Crippen LogP contribution in [-0.2, 0) is 14.3 Å². The molecule has 6 nitrogen and oxygen atoms in total. The zero-order valence-electron chi connectivity index (χ0n) is 14.2. The third-order valence-corrected chi connectivity index (χ3v) is 3.85. The number of Topliss-reactive ketones (excluding diaryl/α,β-unsaturated/α-hetero) is 2. The second kappa shape index (κ2) is 9.13. The maximum atomic E-state index is 12.4. The molecule has 0 bridgehead atoms. The number of unbranched alkanes of at least 4 members (excludes halogenated alkanes) is 3. The summed E-state index contributed by atoms with van der Waals surface area (Å²) in [6.07, 6.45) is 5.78. The second-order valence-electron chi connectivity index (χ2n) is 5.84. The van der Waals surface area contributed by atoms with Gasteiger partial charge < -0.3 is 14.6 Å². The van der Waals surface area contributed by atoms with Gasteiger partial charge in [-0.2, -0.15) is 0 Å². The van der Waals surface area contributed by atoms with Gasteiger partial charge in [0, 0.05) is 5.57 Å². The topological polar surface area (TPSA) is 89.9 Å². The molecule has 0 heterocycles. The highest BCUT2D eigenvalue weighted by Crippen LogP contribution is 2.30. The van der Waals surface area contributed by atoms with Gasteiger partial charge in [0.05, 0.1) is 18.8 Å². The normalized spacial score (nSPS) is 13.4. The van der Waals surface area contributed by atoms with Crippen LogP contribution in [0.4, 0.5) is 0 Å². The fraction of sp³-hybridized carbons (Fsp3) is 0.421. The molecule has 1 N–H and O–H groups in total. The third-order valence-electron chi connectivity index (χ3n) is 3.85. The van der Waals surface area contributed by atoms with Gasteiger partial charge in [-0.15, -0.1) is 0 Å². The molecule has 1 aromatic rings. The van der Waals surface area contributed by atoms with Crippen molar-refractivity contribution in [2.75, 3.05) is 19.8 Å². The molecule has 25 heavy (non-hydrogen) atoms. The predicted octanol–water partition coefficient (Wildman–Crippen LogP) is 2.90. The average Bonchev–Trinajstić information content (AvgIpc) is 2.58. The molecule has 1 aromatic carbocycles. The lowest BCUT2D eigenvalue weighted by molar-refractivity contribution is -0.142. The zero-order chi connectivity index (χ0) is 18.2. The number of aliphatic carboxylic acids is 1. The summed E-state index contributed by atoms with van der Waals surface area (Å²) in [4.78, 5) is 35.2. The molecule has 2 rings (SSSR count). The number of ketones is 2. The lowest BCUT2D eigenvalue weighted by Gasteiger charge is -2.18. The highest BCUT2D eigenvalue weighted by Gasteiger charge is 2.30. The van der Waals surface area contributed by atoms with Crippen LogP contribution < -0.4 is 4.74 Å². The summed E-state index contributed by atoms with van der Waals surface area (Å²) < 4.78 is 10.6. The maximum absolute atomic E-state index is 12.4. The van der Waals surface area contributed by atoms with Crippen molar-refractivity contribution in [3.63, 3.8) is 0 Å². The molecule has 0 fully saturated rings. The molecule has 0 aliphatic heterocycles. The number of hydrogen-bond donors (Lipinski definition) is 1. The van der Waals surface area contributed by atoms with Crippen molar-refractivity contribution in [3.8, 4) is 5.75 Å². The van der Waals surface area contributed by atoms with Crippen LogP contribution in [0.2, 0.25) is 0 Å². The van der Waals surface area contributed by atoms with E-state index in [0.717, 1.165) is 25.7 Å². The standard InChI is InChI=1S/C19H22O6/c1-2-3-4-5-9-25-15-8-6-7-13-10-14(11-24-12-16(20)21)18(22)19(23)17(13)15/h6-8,10H,2-5,9,11-12H2,1H3,(H,20,21). The number of carbonyl (C=O) groups excluding carboxylic acids is 2. The van der Waals surface area contributed by atoms with Gasteiger partial charge in [0.15, 0.2) is 0 Å². The first-order chi connectivity index (χ1) is 12.0. The molecule has 6 heteroatoms. The van der Waals surface area contributed by atoms with Gasteiger partial charge in [-0.1, -0.05) is 38.3 Å². The van der Waals surface area contributed by atoms with E-state index >= 15 is 0 Å². The fourth-order valence-corrected chi connectivity index (χ4v) is 2.61. The van der Waals surface area contributed by atoms with Crippen molar-refractivity contribution in [2.24, 2.45) is 0 Å². The number of ether oxygens (including phenoxy) is 2. The lowest BCUT2D eigenvalue weighted by Crippen LogP contribution is -2.25. The Labute approximate surface area is 146 Å². The number of hydrogen-bond acceptors (Lipinski definition) is 5. The van der Waals surface area contributed by atoms with Crippen LogP contribution in [0.5, 0.6) is 5.75 Å². The van der Waals surface area contributed by atoms with E-state index in [1.165, 1.54) is 0 Å². The number of benzene rings is 1. The largest absolute Gasteiger partial charge is 0.493 e. The van der Waals surface area contributed by atoms with Crippen LogP contribution in [0.1, 0.15) is 48.5 Å². The van der Waals surface area contributed by atoms with Gasteiger partial charge in [-0.05, 0) is 24.1 Å². The SMILES string of the molecule is CCCCCCOc1cccc2c1C(=O)C(=O)C(COCC(=O)O)=C2. The second-order valence-corrected chi connectivity index (χ2v) is 5.84. The van der Waals surface area contributed by atoms with E-state index < -0.39 is 24.1 Å². The lowest BCUT2D eigenvalue weighted by atomic mass is 9.89. The number of carboxylic acid groups (broad SMARTS) is 1. The van der Waals surface area contributed by atoms with Gasteiger partial charge >= 0.3 is 5.97 Å². The summed E-state index contributed by atoms with van der Waals surface area (Å²) in [5.74, 6) is -2.04. The van der Waals surface area contributed by atoms with Crippen molar-refractivity contribution in [1.29, 1.82) is 0 Å². The Balaban J connectivity index is 2.12. The first-order valence-corrected chi connectivity index (χ1v) is 8.39. The van der Waals surface area contributed by atoms with Crippen molar-refractivity contribution < 1.29 is 29.0 Å². The smallest absolute Gasteiger partial charge is 0.329 e. The molecule has 1 aliphatic rings. The summed E-state index contributed by atoms with van der Waals surface area (Å²) in [5, 5.41) is 8.58. The minimum absolute atomic E-state index is 0.152. The minimum Gasteiger partial charge on any atom is -0.493 e. The molecule has 134 valence electrons. The van der Waals surface area contributed by atoms with Crippen molar-refractivity contribution in [2.45, 2.75) is 32.6 Å². The number of carbonyl (C=O) groups is 3. The van der Waals surface area contributed by atoms with Crippen molar-refractivity contribution >= 4 is 23.6 Å². The Morgan fingerprint density at radius 3 is 2.64 bits per heavy atom. The summed E-state index contributed by atoms with van der Waals surface area (Å²) in [6.45, 7) is 1.89. The average molecular weight is 346 g/mol. The molecule has 0 spiro atoms. The summed E-state index contributed by atoms with van der Waals surface area (Å²) in [6, 6.07) is 5.17. The van der Waals surface area contributed by atoms with E-state index in [1.54, 1.807) is 24.3 Å². The Morgan fingerprint density at radius 1 is 1.12 bits per heavy atom. The minimum atomic E-state index is -1.13. The van der Waals surface area contributed by atoms with Crippen LogP contribution in [0, 0.1) is 0 Å². The van der Waals surface area contributed by atoms with Gasteiger partial charge in [-0.25, -0.2) is 4.79 Å². The molecule has 0 saturated heterocycles. The Kier molecular flexibility index (Phi) is 6.89. The summed E-state index contributed by atoms with van der Waals surface area (Å²) in [5.41, 5.74) is 1.01. The molecule has 0 amide bonds. The monoisotopic (exact) mass is 346 g/mol. The molecule has 0 atom stereocenters. The summed E-state index contributed by atoms with van der Waals surface area (Å²) in [7, 11) is 0. The van der Waals surface area contributed by atoms with E-state index in [-0.39, 0.29) is 17.7 Å². The van der Waals surface area contributed by atoms with Crippen LogP contribution in [0.3, 0.4) is 0 Å². The quantitative estimate of drug-likeness (QED) is 0.517. The highest BCUT2D eigenvalue weighted by atomic mass is 16.5. The van der Waals surface area contributed by atoms with E-state index in [0.29, 0.717) is 17.9 Å². The molecule has 0 saturated carbocycles. The Hall–Kier alpha value is -2.47. The predicted molar refractivity (Wildman–Crippen MR) is 91.8 cm³/mol. The zero-order valence-corrected chi connectivity index (χ0v) is 14.2. The molecular formula is C19H22O6. The van der Waals surface area contributed by atoms with Gasteiger partial charge in [0.1, 0.15) is 12.4 Å². The van der Waals surface area contributed by atoms with E-state index in [9.17, 15) is 14.4 Å². The van der Waals surface area contributed by atoms with Crippen molar-refractivity contribution in [3.05, 3.63) is 34.9 Å². The van der Waals surface area contributed by atoms with E-state index in [4.69, 9.17) is 14.6 Å². The molecule has 1 aliphatic carbocycles. The van der Waals surface area contributed by atoms with Crippen LogP contribution in [-0.4, -0.2) is 42.5 Å². The van der Waals surface area contributed by atoms with Gasteiger partial charge in [0.25, 0.3) is 0 Å². The molecule has 0 aromatic heterocycles. The first-order valence-electron chi connectivity index (χ1n) is 8.39. The van der Waals surface area contributed by atoms with Crippen LogP contribution in [0.15, 0.2) is 23.8 Å². The first kappa shape index (κ1) is 18.9. The third kappa shape index (κ3) is 5.00. The van der Waals surface area contributed by atoms with Gasteiger partial charge in [-0.3, -0.25) is 9.59 Å². The number of rotatable bonds is 10. The maximum Gasteiger partial charge on any atom is 0.329 e. The molecule has 0 unspecified atom stereocenters.